The summed E-state index contributed by atoms with van der Waals surface area (Å²) in [6, 6.07) is 18.8. The third kappa shape index (κ3) is 7.89. The fourth-order valence-corrected chi connectivity index (χ4v) is 3.85. The molecule has 0 saturated carbocycles. The maximum absolute atomic E-state index is 12.1. The van der Waals surface area contributed by atoms with E-state index in [1.54, 1.807) is 24.3 Å². The Balaban J connectivity index is 1.58. The second-order valence-electron chi connectivity index (χ2n) is 7.73. The van der Waals surface area contributed by atoms with Crippen LogP contribution in [0.3, 0.4) is 0 Å². The number of nitrogens with zero attached hydrogens (tertiary/aromatic N) is 2. The summed E-state index contributed by atoms with van der Waals surface area (Å²) in [6.07, 6.45) is 1.17. The number of aliphatic hydroxyl groups is 1. The van der Waals surface area contributed by atoms with Gasteiger partial charge in [0.15, 0.2) is 11.5 Å². The number of nitrogens with one attached hydrogen (secondary N) is 1. The van der Waals surface area contributed by atoms with Gasteiger partial charge in [0.25, 0.3) is 5.69 Å². The first-order valence-electron chi connectivity index (χ1n) is 11.2. The molecule has 3 rings (SSSR count). The Hall–Kier alpha value is -3.76. The lowest BCUT2D eigenvalue weighted by atomic mass is 10.1. The molecule has 10 heteroatoms. The highest BCUT2D eigenvalue weighted by atomic mass is 79.9. The molecule has 2 N–H and O–H groups in total. The molecule has 0 spiro atoms. The topological polar surface area (TPSA) is 123 Å². The van der Waals surface area contributed by atoms with E-state index in [4.69, 9.17) is 9.47 Å². The van der Waals surface area contributed by atoms with Crippen molar-refractivity contribution in [3.63, 3.8) is 0 Å². The number of ether oxygens (including phenoxy) is 2. The Morgan fingerprint density at radius 2 is 1.89 bits per heavy atom. The van der Waals surface area contributed by atoms with Crippen molar-refractivity contribution in [2.24, 2.45) is 5.10 Å². The summed E-state index contributed by atoms with van der Waals surface area (Å²) in [5, 5.41) is 25.0. The van der Waals surface area contributed by atoms with E-state index < -0.39 is 11.0 Å². The number of hydrogen-bond donors (Lipinski definition) is 2. The Morgan fingerprint density at radius 3 is 2.56 bits per heavy atom. The van der Waals surface area contributed by atoms with E-state index in [1.807, 2.05) is 37.3 Å². The fourth-order valence-electron chi connectivity index (χ4n) is 3.28. The second-order valence-corrected chi connectivity index (χ2v) is 8.59. The summed E-state index contributed by atoms with van der Waals surface area (Å²) in [4.78, 5) is 22.5. The number of aliphatic hydroxyl groups excluding tert-OH is 1. The van der Waals surface area contributed by atoms with Crippen LogP contribution >= 0.6 is 15.9 Å². The number of carbonyl (C=O) groups excluding carboxylic acids is 1. The molecule has 0 unspecified atom stereocenters. The summed E-state index contributed by atoms with van der Waals surface area (Å²) < 4.78 is 12.2. The van der Waals surface area contributed by atoms with Gasteiger partial charge in [-0.25, -0.2) is 5.43 Å². The van der Waals surface area contributed by atoms with Crippen LogP contribution in [-0.4, -0.2) is 28.8 Å². The van der Waals surface area contributed by atoms with Crippen molar-refractivity contribution in [1.82, 2.24) is 5.43 Å². The van der Waals surface area contributed by atoms with Crippen LogP contribution in [0.2, 0.25) is 0 Å². The first-order valence-corrected chi connectivity index (χ1v) is 12.0. The molecule has 0 aromatic heterocycles. The number of benzene rings is 3. The van der Waals surface area contributed by atoms with E-state index in [0.717, 1.165) is 11.1 Å². The van der Waals surface area contributed by atoms with Gasteiger partial charge in [-0.1, -0.05) is 30.3 Å². The molecule has 9 nitrogen and oxygen atoms in total. The lowest BCUT2D eigenvalue weighted by Crippen LogP contribution is -2.18. The Labute approximate surface area is 217 Å². The van der Waals surface area contributed by atoms with E-state index >= 15 is 0 Å². The van der Waals surface area contributed by atoms with Crippen LogP contribution in [0, 0.1) is 10.1 Å². The number of hydrogen-bond acceptors (Lipinski definition) is 7. The highest BCUT2D eigenvalue weighted by molar-refractivity contribution is 9.10. The monoisotopic (exact) mass is 555 g/mol. The van der Waals surface area contributed by atoms with Gasteiger partial charge in [-0.2, -0.15) is 5.10 Å². The van der Waals surface area contributed by atoms with Gasteiger partial charge in [-0.15, -0.1) is 0 Å². The van der Waals surface area contributed by atoms with Crippen LogP contribution in [0.4, 0.5) is 5.69 Å². The molecule has 0 saturated heterocycles. The van der Waals surface area contributed by atoms with Gasteiger partial charge in [0.05, 0.1) is 28.3 Å². The molecule has 36 heavy (non-hydrogen) atoms. The normalized spacial score (nSPS) is 11.8. The smallest absolute Gasteiger partial charge is 0.269 e. The van der Waals surface area contributed by atoms with Crippen molar-refractivity contribution in [3.05, 3.63) is 98.0 Å². The number of rotatable bonds is 12. The lowest BCUT2D eigenvalue weighted by Gasteiger charge is -2.14. The van der Waals surface area contributed by atoms with Gasteiger partial charge >= 0.3 is 0 Å². The van der Waals surface area contributed by atoms with Crippen LogP contribution in [0.1, 0.15) is 42.6 Å². The number of nitro benzene ring substituents is 1. The highest BCUT2D eigenvalue weighted by Gasteiger charge is 2.13. The zero-order valence-corrected chi connectivity index (χ0v) is 21.2. The molecule has 0 heterocycles. The molecule has 0 radical (unpaired) electrons. The van der Waals surface area contributed by atoms with Crippen molar-refractivity contribution < 1.29 is 24.3 Å². The van der Waals surface area contributed by atoms with Crippen molar-refractivity contribution in [1.29, 1.82) is 0 Å². The van der Waals surface area contributed by atoms with Gasteiger partial charge < -0.3 is 14.6 Å². The Bertz CT molecular complexity index is 1200. The van der Waals surface area contributed by atoms with Gasteiger partial charge in [0.1, 0.15) is 6.61 Å². The molecule has 1 atom stereocenters. The number of carbonyl (C=O) groups is 1. The third-order valence-electron chi connectivity index (χ3n) is 5.09. The Morgan fingerprint density at radius 1 is 1.17 bits per heavy atom. The minimum Gasteiger partial charge on any atom is -0.490 e. The van der Waals surface area contributed by atoms with Crippen molar-refractivity contribution >= 4 is 33.7 Å². The minimum absolute atomic E-state index is 0.0121. The lowest BCUT2D eigenvalue weighted by molar-refractivity contribution is -0.384. The summed E-state index contributed by atoms with van der Waals surface area (Å²) in [7, 11) is 0. The van der Waals surface area contributed by atoms with E-state index in [1.165, 1.54) is 18.3 Å². The van der Waals surface area contributed by atoms with Crippen LogP contribution in [0.25, 0.3) is 0 Å². The maximum Gasteiger partial charge on any atom is 0.269 e. The first kappa shape index (κ1) is 26.8. The molecule has 1 amide bonds. The highest BCUT2D eigenvalue weighted by Crippen LogP contribution is 2.37. The first-order chi connectivity index (χ1) is 17.4. The summed E-state index contributed by atoms with van der Waals surface area (Å²) in [6.45, 7) is 2.44. The average Bonchev–Trinajstić information content (AvgIpc) is 2.87. The van der Waals surface area contributed by atoms with Gasteiger partial charge in [-0.05, 0) is 70.2 Å². The predicted octanol–water partition coefficient (Wildman–Crippen LogP) is 5.30. The van der Waals surface area contributed by atoms with Crippen LogP contribution in [0.5, 0.6) is 11.5 Å². The quantitative estimate of drug-likeness (QED) is 0.177. The second kappa shape index (κ2) is 13.4. The summed E-state index contributed by atoms with van der Waals surface area (Å²) in [5.41, 5.74) is 4.67. The van der Waals surface area contributed by atoms with Crippen LogP contribution in [-0.2, 0) is 11.4 Å². The Kier molecular flexibility index (Phi) is 9.96. The molecule has 188 valence electrons. The fraction of sp³-hybridized carbons (Fsp3) is 0.231. The summed E-state index contributed by atoms with van der Waals surface area (Å²) >= 11 is 3.48. The van der Waals surface area contributed by atoms with Gasteiger partial charge in [0.2, 0.25) is 5.91 Å². The number of amides is 1. The van der Waals surface area contributed by atoms with E-state index in [-0.39, 0.29) is 31.0 Å². The zero-order valence-electron chi connectivity index (χ0n) is 19.6. The molecule has 3 aromatic rings. The van der Waals surface area contributed by atoms with Gasteiger partial charge in [-0.3, -0.25) is 14.9 Å². The van der Waals surface area contributed by atoms with E-state index in [2.05, 4.69) is 26.5 Å². The largest absolute Gasteiger partial charge is 0.490 e. The number of nitro groups is 1. The van der Waals surface area contributed by atoms with E-state index in [0.29, 0.717) is 28.1 Å². The SMILES string of the molecule is CCOc1cc(/C=N/NC(=O)CC[C@H](O)c2ccccc2)cc(Br)c1OCc1ccc([N+](=O)[O-])cc1. The molecule has 0 bridgehead atoms. The van der Waals surface area contributed by atoms with Crippen LogP contribution in [0.15, 0.2) is 76.3 Å². The molecular formula is C26H26BrN3O6. The van der Waals surface area contributed by atoms with E-state index in [9.17, 15) is 20.0 Å². The van der Waals surface area contributed by atoms with Gasteiger partial charge in [0, 0.05) is 18.6 Å². The maximum atomic E-state index is 12.1. The molecule has 0 aliphatic carbocycles. The molecule has 0 fully saturated rings. The molecule has 3 aromatic carbocycles. The zero-order chi connectivity index (χ0) is 25.9. The minimum atomic E-state index is -0.718. The van der Waals surface area contributed by atoms with Crippen LogP contribution < -0.4 is 14.9 Å². The number of halogens is 1. The molecule has 0 aliphatic heterocycles. The standard InChI is InChI=1S/C26H26BrN3O6/c1-2-35-24-15-19(16-28-29-25(32)13-12-23(31)20-6-4-3-5-7-20)14-22(27)26(24)36-17-18-8-10-21(11-9-18)30(33)34/h3-11,14-16,23,31H,2,12-13,17H2,1H3,(H,29,32)/b28-16+/t23-/m0/s1. The number of non-ortho nitro benzene ring substituents is 1. The summed E-state index contributed by atoms with van der Waals surface area (Å²) in [5.74, 6) is 0.646. The molecular weight excluding hydrogens is 530 g/mol. The van der Waals surface area contributed by atoms with Crippen molar-refractivity contribution in [3.8, 4) is 11.5 Å². The molecule has 0 aliphatic rings. The number of hydrazone groups is 1. The average molecular weight is 556 g/mol. The predicted molar refractivity (Wildman–Crippen MR) is 139 cm³/mol. The van der Waals surface area contributed by atoms with Crippen molar-refractivity contribution in [2.45, 2.75) is 32.5 Å². The third-order valence-corrected chi connectivity index (χ3v) is 5.68. The van der Waals surface area contributed by atoms with Crippen molar-refractivity contribution in [2.75, 3.05) is 6.61 Å².